The van der Waals surface area contributed by atoms with Crippen molar-refractivity contribution in [3.63, 3.8) is 0 Å². The van der Waals surface area contributed by atoms with E-state index in [2.05, 4.69) is 26.1 Å². The van der Waals surface area contributed by atoms with Crippen LogP contribution in [0.3, 0.4) is 0 Å². The molecule has 0 radical (unpaired) electrons. The summed E-state index contributed by atoms with van der Waals surface area (Å²) in [5, 5.41) is 11.1. The van der Waals surface area contributed by atoms with Gasteiger partial charge in [0.1, 0.15) is 6.61 Å². The average Bonchev–Trinajstić information content (AvgIpc) is 2.36. The van der Waals surface area contributed by atoms with E-state index in [1.54, 1.807) is 6.07 Å². The Hall–Kier alpha value is -1.88. The second-order valence-electron chi connectivity index (χ2n) is 5.50. The molecule has 110 valence electrons. The lowest BCUT2D eigenvalue weighted by Gasteiger charge is -2.22. The predicted octanol–water partition coefficient (Wildman–Crippen LogP) is 1.82. The molecule has 5 nitrogen and oxygen atoms in total. The summed E-state index contributed by atoms with van der Waals surface area (Å²) in [7, 11) is 0. The van der Waals surface area contributed by atoms with Gasteiger partial charge in [-0.15, -0.1) is 0 Å². The summed E-state index contributed by atoms with van der Waals surface area (Å²) in [6, 6.07) is 7.46. The minimum absolute atomic E-state index is 0.117. The molecule has 0 saturated heterocycles. The van der Waals surface area contributed by atoms with Gasteiger partial charge in [0.15, 0.2) is 0 Å². The maximum Gasteiger partial charge on any atom is 0.329 e. The summed E-state index contributed by atoms with van der Waals surface area (Å²) >= 11 is 0. The van der Waals surface area contributed by atoms with Gasteiger partial charge in [0, 0.05) is 12.1 Å². The number of aliphatic carboxylic acids is 1. The monoisotopic (exact) mass is 279 g/mol. The zero-order chi connectivity index (χ0) is 15.2. The quantitative estimate of drug-likeness (QED) is 0.779. The summed E-state index contributed by atoms with van der Waals surface area (Å²) < 4.78 is 4.86. The largest absolute Gasteiger partial charge is 0.480 e. The Morgan fingerprint density at radius 3 is 2.50 bits per heavy atom. The number of carbonyl (C=O) groups is 2. The molecule has 20 heavy (non-hydrogen) atoms. The van der Waals surface area contributed by atoms with E-state index in [1.807, 2.05) is 18.2 Å². The lowest BCUT2D eigenvalue weighted by atomic mass is 9.83. The van der Waals surface area contributed by atoms with E-state index in [0.29, 0.717) is 5.56 Å². The molecule has 0 bridgehead atoms. The second kappa shape index (κ2) is 7.05. The van der Waals surface area contributed by atoms with Crippen LogP contribution in [-0.4, -0.2) is 36.7 Å². The number of carbonyl (C=O) groups excluding carboxylic acids is 1. The maximum atomic E-state index is 12.1. The first-order chi connectivity index (χ1) is 9.32. The second-order valence-corrected chi connectivity index (χ2v) is 5.50. The van der Waals surface area contributed by atoms with E-state index in [4.69, 9.17) is 9.84 Å². The van der Waals surface area contributed by atoms with Crippen molar-refractivity contribution in [1.29, 1.82) is 0 Å². The third-order valence-electron chi connectivity index (χ3n) is 2.74. The van der Waals surface area contributed by atoms with Gasteiger partial charge in [-0.25, -0.2) is 4.79 Å². The van der Waals surface area contributed by atoms with Crippen LogP contribution in [0.5, 0.6) is 0 Å². The predicted molar refractivity (Wildman–Crippen MR) is 75.9 cm³/mol. The van der Waals surface area contributed by atoms with Crippen molar-refractivity contribution >= 4 is 11.9 Å². The molecule has 0 aliphatic rings. The summed E-state index contributed by atoms with van der Waals surface area (Å²) in [6.07, 6.45) is 0. The van der Waals surface area contributed by atoms with Gasteiger partial charge in [0.25, 0.3) is 5.91 Å². The van der Waals surface area contributed by atoms with Crippen molar-refractivity contribution in [3.8, 4) is 0 Å². The first-order valence-electron chi connectivity index (χ1n) is 6.49. The minimum Gasteiger partial charge on any atom is -0.480 e. The number of rotatable bonds is 6. The Morgan fingerprint density at radius 2 is 1.90 bits per heavy atom. The SMILES string of the molecule is CC(C)(C)c1ccccc1C(=O)NCCOCC(=O)O. The summed E-state index contributed by atoms with van der Waals surface area (Å²) in [4.78, 5) is 22.4. The molecule has 2 N–H and O–H groups in total. The summed E-state index contributed by atoms with van der Waals surface area (Å²) in [6.45, 7) is 6.26. The number of benzene rings is 1. The Labute approximate surface area is 118 Å². The molecule has 1 aromatic carbocycles. The van der Waals surface area contributed by atoms with Crippen molar-refractivity contribution in [1.82, 2.24) is 5.32 Å². The standard InChI is InChI=1S/C15H21NO4/c1-15(2,3)12-7-5-4-6-11(12)14(19)16-8-9-20-10-13(17)18/h4-7H,8-10H2,1-3H3,(H,16,19)(H,17,18). The van der Waals surface area contributed by atoms with Crippen molar-refractivity contribution < 1.29 is 19.4 Å². The van der Waals surface area contributed by atoms with Crippen molar-refractivity contribution in [2.24, 2.45) is 0 Å². The highest BCUT2D eigenvalue weighted by Crippen LogP contribution is 2.25. The first kappa shape index (κ1) is 16.2. The van der Waals surface area contributed by atoms with E-state index >= 15 is 0 Å². The van der Waals surface area contributed by atoms with Gasteiger partial charge in [-0.2, -0.15) is 0 Å². The fraction of sp³-hybridized carbons (Fsp3) is 0.467. The zero-order valence-corrected chi connectivity index (χ0v) is 12.1. The number of carboxylic acids is 1. The van der Waals surface area contributed by atoms with Crippen LogP contribution in [0, 0.1) is 0 Å². The summed E-state index contributed by atoms with van der Waals surface area (Å²) in [5.74, 6) is -1.19. The van der Waals surface area contributed by atoms with E-state index < -0.39 is 5.97 Å². The van der Waals surface area contributed by atoms with Crippen molar-refractivity contribution in [2.45, 2.75) is 26.2 Å². The molecule has 0 aliphatic heterocycles. The van der Waals surface area contributed by atoms with Crippen LogP contribution < -0.4 is 5.32 Å². The molecular formula is C15H21NO4. The first-order valence-corrected chi connectivity index (χ1v) is 6.49. The average molecular weight is 279 g/mol. The van der Waals surface area contributed by atoms with Crippen LogP contribution in [0.15, 0.2) is 24.3 Å². The number of hydrogen-bond donors (Lipinski definition) is 2. The van der Waals surface area contributed by atoms with Gasteiger partial charge in [0.05, 0.1) is 6.61 Å². The molecule has 0 aliphatic carbocycles. The molecule has 0 unspecified atom stereocenters. The molecule has 0 aromatic heterocycles. The van der Waals surface area contributed by atoms with Crippen molar-refractivity contribution in [3.05, 3.63) is 35.4 Å². The minimum atomic E-state index is -1.02. The fourth-order valence-electron chi connectivity index (χ4n) is 1.83. The van der Waals surface area contributed by atoms with Crippen LogP contribution in [0.1, 0.15) is 36.7 Å². The molecule has 0 saturated carbocycles. The smallest absolute Gasteiger partial charge is 0.329 e. The van der Waals surface area contributed by atoms with Crippen LogP contribution >= 0.6 is 0 Å². The Morgan fingerprint density at radius 1 is 1.25 bits per heavy atom. The number of amides is 1. The van der Waals surface area contributed by atoms with Gasteiger partial charge in [-0.3, -0.25) is 4.79 Å². The molecule has 0 spiro atoms. The van der Waals surface area contributed by atoms with Crippen molar-refractivity contribution in [2.75, 3.05) is 19.8 Å². The van der Waals surface area contributed by atoms with Gasteiger partial charge < -0.3 is 15.2 Å². The molecular weight excluding hydrogens is 258 g/mol. The van der Waals surface area contributed by atoms with Crippen LogP contribution in [-0.2, 0) is 14.9 Å². The molecule has 1 amide bonds. The molecule has 0 heterocycles. The normalized spacial score (nSPS) is 11.2. The van der Waals surface area contributed by atoms with Gasteiger partial charge >= 0.3 is 5.97 Å². The van der Waals surface area contributed by atoms with Gasteiger partial charge in [0.2, 0.25) is 0 Å². The van der Waals surface area contributed by atoms with Gasteiger partial charge in [-0.05, 0) is 17.0 Å². The number of nitrogens with one attached hydrogen (secondary N) is 1. The number of hydrogen-bond acceptors (Lipinski definition) is 3. The summed E-state index contributed by atoms with van der Waals surface area (Å²) in [5.41, 5.74) is 1.50. The molecule has 0 fully saturated rings. The lowest BCUT2D eigenvalue weighted by molar-refractivity contribution is -0.142. The molecule has 1 aromatic rings. The fourth-order valence-corrected chi connectivity index (χ4v) is 1.83. The van der Waals surface area contributed by atoms with E-state index in [1.165, 1.54) is 0 Å². The van der Waals surface area contributed by atoms with Gasteiger partial charge in [-0.1, -0.05) is 39.0 Å². The Kier molecular flexibility index (Phi) is 5.70. The Bertz CT molecular complexity index is 477. The van der Waals surface area contributed by atoms with E-state index in [-0.39, 0.29) is 31.1 Å². The zero-order valence-electron chi connectivity index (χ0n) is 12.1. The third kappa shape index (κ3) is 5.01. The highest BCUT2D eigenvalue weighted by Gasteiger charge is 2.20. The number of ether oxygens (including phenoxy) is 1. The van der Waals surface area contributed by atoms with E-state index in [9.17, 15) is 9.59 Å². The highest BCUT2D eigenvalue weighted by atomic mass is 16.5. The van der Waals surface area contributed by atoms with Crippen LogP contribution in [0.4, 0.5) is 0 Å². The third-order valence-corrected chi connectivity index (χ3v) is 2.74. The van der Waals surface area contributed by atoms with E-state index in [0.717, 1.165) is 5.56 Å². The Balaban J connectivity index is 2.58. The number of carboxylic acid groups (broad SMARTS) is 1. The molecule has 1 rings (SSSR count). The van der Waals surface area contributed by atoms with Crippen LogP contribution in [0.25, 0.3) is 0 Å². The lowest BCUT2D eigenvalue weighted by Crippen LogP contribution is -2.30. The topological polar surface area (TPSA) is 75.6 Å². The highest BCUT2D eigenvalue weighted by molar-refractivity contribution is 5.96. The molecule has 0 atom stereocenters. The van der Waals surface area contributed by atoms with Crippen LogP contribution in [0.2, 0.25) is 0 Å². The maximum absolute atomic E-state index is 12.1. The molecule has 5 heteroatoms.